The summed E-state index contributed by atoms with van der Waals surface area (Å²) in [5.74, 6) is -3.94. The van der Waals surface area contributed by atoms with Crippen molar-refractivity contribution in [1.82, 2.24) is 10.6 Å². The molecule has 164 valence electrons. The van der Waals surface area contributed by atoms with Crippen molar-refractivity contribution in [2.75, 3.05) is 0 Å². The number of hydrogen-bond donors (Lipinski definition) is 3. The van der Waals surface area contributed by atoms with Crippen LogP contribution in [-0.2, 0) is 27.2 Å². The predicted octanol–water partition coefficient (Wildman–Crippen LogP) is 1.13. The lowest BCUT2D eigenvalue weighted by Crippen LogP contribution is -2.54. The van der Waals surface area contributed by atoms with Crippen molar-refractivity contribution in [1.29, 1.82) is 0 Å². The van der Waals surface area contributed by atoms with Gasteiger partial charge in [-0.25, -0.2) is 4.39 Å². The van der Waals surface area contributed by atoms with E-state index in [0.717, 1.165) is 12.1 Å². The van der Waals surface area contributed by atoms with Gasteiger partial charge in [0, 0.05) is 25.8 Å². The van der Waals surface area contributed by atoms with Crippen molar-refractivity contribution in [2.45, 2.75) is 31.8 Å². The number of nitro benzene ring substituents is 1. The standard InChI is InChI=1S/C20H20F2N4O5/c1-11(27)24-17(10-13-4-2-3-5-14(13)21)20(29)25-16(19(23)28)8-12-6-7-15(22)18(9-12)26(30)31/h2-7,9,16-17H,8,10H2,1H3,(H2,23,28)(H,24,27)(H,25,29)/t16-,17+/m0/s1. The van der Waals surface area contributed by atoms with Crippen LogP contribution in [0.2, 0.25) is 0 Å². The molecular formula is C20H20F2N4O5. The van der Waals surface area contributed by atoms with Gasteiger partial charge in [-0.05, 0) is 23.3 Å². The molecule has 0 saturated carbocycles. The number of rotatable bonds is 9. The summed E-state index contributed by atoms with van der Waals surface area (Å²) >= 11 is 0. The number of halogens is 2. The second-order valence-electron chi connectivity index (χ2n) is 6.76. The molecule has 9 nitrogen and oxygen atoms in total. The number of carbonyl (C=O) groups excluding carboxylic acids is 3. The zero-order chi connectivity index (χ0) is 23.1. The first kappa shape index (κ1) is 23.4. The summed E-state index contributed by atoms with van der Waals surface area (Å²) in [6.07, 6.45) is -0.444. The Morgan fingerprint density at radius 2 is 1.71 bits per heavy atom. The van der Waals surface area contributed by atoms with Crippen LogP contribution in [0.1, 0.15) is 18.1 Å². The van der Waals surface area contributed by atoms with Gasteiger partial charge in [0.2, 0.25) is 23.5 Å². The van der Waals surface area contributed by atoms with Crippen LogP contribution in [0.15, 0.2) is 42.5 Å². The van der Waals surface area contributed by atoms with Crippen LogP contribution in [0, 0.1) is 21.7 Å². The summed E-state index contributed by atoms with van der Waals surface area (Å²) in [6.45, 7) is 1.17. The van der Waals surface area contributed by atoms with Crippen molar-refractivity contribution < 1.29 is 28.1 Å². The molecule has 2 atom stereocenters. The molecule has 0 aromatic heterocycles. The van der Waals surface area contributed by atoms with Gasteiger partial charge in [0.25, 0.3) is 0 Å². The Bertz CT molecular complexity index is 1010. The molecule has 0 aliphatic rings. The molecule has 0 spiro atoms. The number of amides is 3. The molecule has 3 amide bonds. The van der Waals surface area contributed by atoms with Crippen molar-refractivity contribution >= 4 is 23.4 Å². The Kier molecular flexibility index (Phi) is 7.72. The molecular weight excluding hydrogens is 414 g/mol. The monoisotopic (exact) mass is 434 g/mol. The predicted molar refractivity (Wildman–Crippen MR) is 106 cm³/mol. The van der Waals surface area contributed by atoms with Gasteiger partial charge in [-0.3, -0.25) is 24.5 Å². The number of nitrogens with two attached hydrogens (primary N) is 1. The molecule has 2 aromatic rings. The number of benzene rings is 2. The Morgan fingerprint density at radius 1 is 1.03 bits per heavy atom. The Balaban J connectivity index is 2.21. The molecule has 0 radical (unpaired) electrons. The molecule has 2 aromatic carbocycles. The summed E-state index contributed by atoms with van der Waals surface area (Å²) in [7, 11) is 0. The highest BCUT2D eigenvalue weighted by Crippen LogP contribution is 2.19. The number of nitrogens with zero attached hydrogens (tertiary/aromatic N) is 1. The highest BCUT2D eigenvalue weighted by Gasteiger charge is 2.27. The lowest BCUT2D eigenvalue weighted by atomic mass is 10.0. The van der Waals surface area contributed by atoms with Gasteiger partial charge in [0.05, 0.1) is 4.92 Å². The van der Waals surface area contributed by atoms with Crippen LogP contribution in [0.5, 0.6) is 0 Å². The molecule has 0 aliphatic heterocycles. The molecule has 11 heteroatoms. The van der Waals surface area contributed by atoms with Crippen molar-refractivity contribution in [3.8, 4) is 0 Å². The zero-order valence-electron chi connectivity index (χ0n) is 16.4. The van der Waals surface area contributed by atoms with Crippen molar-refractivity contribution in [3.05, 3.63) is 75.3 Å². The van der Waals surface area contributed by atoms with E-state index in [1.165, 1.54) is 31.2 Å². The average molecular weight is 434 g/mol. The van der Waals surface area contributed by atoms with E-state index < -0.39 is 52.1 Å². The molecule has 0 heterocycles. The maximum absolute atomic E-state index is 14.0. The Hall–Kier alpha value is -3.89. The van der Waals surface area contributed by atoms with E-state index in [0.29, 0.717) is 0 Å². The van der Waals surface area contributed by atoms with E-state index in [1.54, 1.807) is 6.07 Å². The van der Waals surface area contributed by atoms with Gasteiger partial charge in [0.1, 0.15) is 17.9 Å². The molecule has 0 saturated heterocycles. The minimum absolute atomic E-state index is 0.168. The average Bonchev–Trinajstić information content (AvgIpc) is 2.69. The summed E-state index contributed by atoms with van der Waals surface area (Å²) < 4.78 is 27.5. The van der Waals surface area contributed by atoms with Crippen LogP contribution < -0.4 is 16.4 Å². The minimum atomic E-state index is -1.31. The van der Waals surface area contributed by atoms with Crippen LogP contribution in [0.25, 0.3) is 0 Å². The molecule has 0 aliphatic carbocycles. The summed E-state index contributed by atoms with van der Waals surface area (Å²) in [6, 6.07) is 6.18. The fraction of sp³-hybridized carbons (Fsp3) is 0.250. The molecule has 0 bridgehead atoms. The molecule has 31 heavy (non-hydrogen) atoms. The molecule has 4 N–H and O–H groups in total. The Morgan fingerprint density at radius 3 is 2.29 bits per heavy atom. The third-order valence-corrected chi connectivity index (χ3v) is 4.38. The normalized spacial score (nSPS) is 12.5. The number of hydrogen-bond acceptors (Lipinski definition) is 5. The Labute approximate surface area is 175 Å². The van der Waals surface area contributed by atoms with Crippen molar-refractivity contribution in [2.24, 2.45) is 5.73 Å². The zero-order valence-corrected chi connectivity index (χ0v) is 16.4. The van der Waals surface area contributed by atoms with Gasteiger partial charge in [-0.15, -0.1) is 0 Å². The van der Waals surface area contributed by atoms with E-state index in [1.807, 2.05) is 0 Å². The van der Waals surface area contributed by atoms with E-state index in [9.17, 15) is 33.3 Å². The van der Waals surface area contributed by atoms with E-state index in [2.05, 4.69) is 10.6 Å². The first-order chi connectivity index (χ1) is 14.6. The second kappa shape index (κ2) is 10.2. The van der Waals surface area contributed by atoms with Gasteiger partial charge < -0.3 is 16.4 Å². The topological polar surface area (TPSA) is 144 Å². The van der Waals surface area contributed by atoms with Crippen LogP contribution in [0.3, 0.4) is 0 Å². The van der Waals surface area contributed by atoms with E-state index >= 15 is 0 Å². The van der Waals surface area contributed by atoms with E-state index in [-0.39, 0.29) is 24.0 Å². The maximum atomic E-state index is 14.0. The summed E-state index contributed by atoms with van der Waals surface area (Å²) in [5, 5.41) is 15.6. The molecule has 0 unspecified atom stereocenters. The minimum Gasteiger partial charge on any atom is -0.368 e. The maximum Gasteiger partial charge on any atom is 0.305 e. The van der Waals surface area contributed by atoms with Crippen LogP contribution in [-0.4, -0.2) is 34.7 Å². The third kappa shape index (κ3) is 6.56. The van der Waals surface area contributed by atoms with Crippen LogP contribution in [0.4, 0.5) is 14.5 Å². The summed E-state index contributed by atoms with van der Waals surface area (Å²) in [5.41, 5.74) is 4.89. The highest BCUT2D eigenvalue weighted by atomic mass is 19.1. The van der Waals surface area contributed by atoms with Crippen LogP contribution >= 0.6 is 0 Å². The number of carbonyl (C=O) groups is 3. The van der Waals surface area contributed by atoms with E-state index in [4.69, 9.17) is 5.73 Å². The molecule has 2 rings (SSSR count). The van der Waals surface area contributed by atoms with Gasteiger partial charge in [-0.1, -0.05) is 24.3 Å². The lowest BCUT2D eigenvalue weighted by molar-refractivity contribution is -0.387. The first-order valence-electron chi connectivity index (χ1n) is 9.11. The lowest BCUT2D eigenvalue weighted by Gasteiger charge is -2.22. The molecule has 0 fully saturated rings. The largest absolute Gasteiger partial charge is 0.368 e. The van der Waals surface area contributed by atoms with Gasteiger partial charge in [-0.2, -0.15) is 4.39 Å². The first-order valence-corrected chi connectivity index (χ1v) is 9.11. The smallest absolute Gasteiger partial charge is 0.305 e. The van der Waals surface area contributed by atoms with Crippen molar-refractivity contribution in [3.63, 3.8) is 0 Å². The summed E-state index contributed by atoms with van der Waals surface area (Å²) in [4.78, 5) is 46.0. The highest BCUT2D eigenvalue weighted by molar-refractivity contribution is 5.91. The van der Waals surface area contributed by atoms with Gasteiger partial charge in [0.15, 0.2) is 0 Å². The SMILES string of the molecule is CC(=O)N[C@H](Cc1ccccc1F)C(=O)N[C@@H](Cc1ccc(F)c([N+](=O)[O-])c1)C(N)=O. The fourth-order valence-corrected chi connectivity index (χ4v) is 2.89. The number of primary amides is 1. The number of nitro groups is 1. The third-order valence-electron chi connectivity index (χ3n) is 4.38. The fourth-order valence-electron chi connectivity index (χ4n) is 2.89. The van der Waals surface area contributed by atoms with Gasteiger partial charge >= 0.3 is 5.69 Å². The number of nitrogens with one attached hydrogen (secondary N) is 2. The quantitative estimate of drug-likeness (QED) is 0.400. The second-order valence-corrected chi connectivity index (χ2v) is 6.76.